The Hall–Kier alpha value is -3.40. The largest absolute Gasteiger partial charge is 0.465 e. The standard InChI is InChI=1S/C20H23N7O3/c1-2-3-6-23-17-20(10-27(17)19(28)29)9-26(14-8-22-11-24-16(14)20)12-4-5-15-13(7-12)25-18(21)30-15/h4-5,7-8,11,17,23H,2-3,6,9-10H2,1H3,(H2,21,25)(H,28,29). The van der Waals surface area contributed by atoms with E-state index in [-0.39, 0.29) is 12.2 Å². The van der Waals surface area contributed by atoms with Crippen LogP contribution >= 0.6 is 0 Å². The van der Waals surface area contributed by atoms with Crippen molar-refractivity contribution in [3.05, 3.63) is 36.4 Å². The number of nitrogens with two attached hydrogens (primary N) is 1. The van der Waals surface area contributed by atoms with E-state index >= 15 is 0 Å². The molecule has 1 aromatic carbocycles. The lowest BCUT2D eigenvalue weighted by atomic mass is 9.74. The molecule has 30 heavy (non-hydrogen) atoms. The molecule has 10 heteroatoms. The number of oxazole rings is 1. The zero-order valence-electron chi connectivity index (χ0n) is 16.6. The first-order valence-corrected chi connectivity index (χ1v) is 10.0. The van der Waals surface area contributed by atoms with Crippen molar-refractivity contribution in [1.29, 1.82) is 0 Å². The van der Waals surface area contributed by atoms with Crippen LogP contribution in [0.2, 0.25) is 0 Å². The molecule has 156 valence electrons. The molecule has 0 aliphatic carbocycles. The Morgan fingerprint density at radius 2 is 2.30 bits per heavy atom. The van der Waals surface area contributed by atoms with Crippen molar-refractivity contribution in [2.75, 3.05) is 30.3 Å². The molecule has 3 aromatic rings. The molecule has 5 rings (SSSR count). The Bertz CT molecular complexity index is 1120. The fraction of sp³-hybridized carbons (Fsp3) is 0.400. The van der Waals surface area contributed by atoms with Gasteiger partial charge in [-0.2, -0.15) is 4.98 Å². The lowest BCUT2D eigenvalue weighted by Gasteiger charge is -2.54. The van der Waals surface area contributed by atoms with Crippen molar-refractivity contribution >= 4 is 34.6 Å². The third-order valence-corrected chi connectivity index (χ3v) is 6.00. The van der Waals surface area contributed by atoms with E-state index in [1.165, 1.54) is 11.2 Å². The van der Waals surface area contributed by atoms with Gasteiger partial charge in [-0.15, -0.1) is 0 Å². The van der Waals surface area contributed by atoms with E-state index in [1.54, 1.807) is 6.20 Å². The maximum Gasteiger partial charge on any atom is 0.408 e. The molecule has 1 fully saturated rings. The highest BCUT2D eigenvalue weighted by atomic mass is 16.4. The zero-order valence-corrected chi connectivity index (χ0v) is 16.6. The summed E-state index contributed by atoms with van der Waals surface area (Å²) in [5.41, 5.74) is 9.18. The maximum absolute atomic E-state index is 11.8. The summed E-state index contributed by atoms with van der Waals surface area (Å²) in [5, 5.41) is 13.1. The van der Waals surface area contributed by atoms with Gasteiger partial charge in [-0.3, -0.25) is 10.2 Å². The molecule has 10 nitrogen and oxygen atoms in total. The number of hydrogen-bond acceptors (Lipinski definition) is 8. The number of carbonyl (C=O) groups is 1. The first-order chi connectivity index (χ1) is 14.5. The summed E-state index contributed by atoms with van der Waals surface area (Å²) in [7, 11) is 0. The van der Waals surface area contributed by atoms with E-state index in [4.69, 9.17) is 10.2 Å². The molecular formula is C20H23N7O3. The normalized spacial score (nSPS) is 22.5. The molecule has 2 unspecified atom stereocenters. The number of hydrogen-bond donors (Lipinski definition) is 3. The summed E-state index contributed by atoms with van der Waals surface area (Å²) >= 11 is 0. The van der Waals surface area contributed by atoms with E-state index in [0.717, 1.165) is 36.5 Å². The first kappa shape index (κ1) is 18.6. The molecular weight excluding hydrogens is 386 g/mol. The van der Waals surface area contributed by atoms with Gasteiger partial charge in [-0.05, 0) is 31.2 Å². The van der Waals surface area contributed by atoms with Crippen molar-refractivity contribution in [3.63, 3.8) is 0 Å². The van der Waals surface area contributed by atoms with E-state index in [2.05, 4.69) is 32.1 Å². The molecule has 2 aliphatic heterocycles. The number of likely N-dealkylation sites (tertiary alicyclic amines) is 1. The molecule has 1 amide bonds. The second kappa shape index (κ2) is 6.84. The Morgan fingerprint density at radius 1 is 1.43 bits per heavy atom. The van der Waals surface area contributed by atoms with Crippen molar-refractivity contribution in [2.45, 2.75) is 31.3 Å². The van der Waals surface area contributed by atoms with Crippen LogP contribution in [0, 0.1) is 0 Å². The van der Waals surface area contributed by atoms with Crippen molar-refractivity contribution in [1.82, 2.24) is 25.2 Å². The number of amides is 1. The van der Waals surface area contributed by atoms with Crippen LogP contribution in [0.15, 0.2) is 35.1 Å². The average molecular weight is 409 g/mol. The van der Waals surface area contributed by atoms with Crippen LogP contribution in [-0.2, 0) is 5.41 Å². The van der Waals surface area contributed by atoms with Crippen LogP contribution in [0.25, 0.3) is 11.1 Å². The summed E-state index contributed by atoms with van der Waals surface area (Å²) in [6, 6.07) is 5.82. The predicted octanol–water partition coefficient (Wildman–Crippen LogP) is 2.30. The third-order valence-electron chi connectivity index (χ3n) is 6.00. The molecule has 0 saturated carbocycles. The van der Waals surface area contributed by atoms with Crippen LogP contribution < -0.4 is 16.0 Å². The number of aromatic nitrogens is 3. The van der Waals surface area contributed by atoms with Gasteiger partial charge in [0.2, 0.25) is 0 Å². The summed E-state index contributed by atoms with van der Waals surface area (Å²) in [4.78, 5) is 28.4. The molecule has 4 N–H and O–H groups in total. The third kappa shape index (κ3) is 2.67. The van der Waals surface area contributed by atoms with Gasteiger partial charge in [0.15, 0.2) is 5.58 Å². The minimum absolute atomic E-state index is 0.125. The van der Waals surface area contributed by atoms with Crippen LogP contribution in [0.4, 0.5) is 22.2 Å². The number of nitrogens with zero attached hydrogens (tertiary/aromatic N) is 5. The minimum atomic E-state index is -0.928. The number of nitrogen functional groups attached to an aromatic ring is 1. The van der Waals surface area contributed by atoms with Gasteiger partial charge >= 0.3 is 6.09 Å². The Labute approximate surface area is 172 Å². The van der Waals surface area contributed by atoms with Gasteiger partial charge in [0, 0.05) is 18.8 Å². The van der Waals surface area contributed by atoms with Gasteiger partial charge in [-0.1, -0.05) is 13.3 Å². The second-order valence-electron chi connectivity index (χ2n) is 7.82. The number of fused-ring (bicyclic) bond motifs is 3. The van der Waals surface area contributed by atoms with Gasteiger partial charge in [-0.25, -0.2) is 14.8 Å². The van der Waals surface area contributed by atoms with Gasteiger partial charge in [0.25, 0.3) is 6.01 Å². The number of benzene rings is 1. The average Bonchev–Trinajstić information content (AvgIpc) is 3.27. The topological polar surface area (TPSA) is 134 Å². The molecule has 2 aliphatic rings. The molecule has 4 heterocycles. The van der Waals surface area contributed by atoms with Gasteiger partial charge in [0.1, 0.15) is 18.0 Å². The van der Waals surface area contributed by atoms with Crippen molar-refractivity contribution in [3.8, 4) is 0 Å². The Balaban J connectivity index is 1.54. The Kier molecular flexibility index (Phi) is 4.24. The van der Waals surface area contributed by atoms with Crippen LogP contribution in [0.3, 0.4) is 0 Å². The number of nitrogens with one attached hydrogen (secondary N) is 1. The van der Waals surface area contributed by atoms with Crippen LogP contribution in [0.1, 0.15) is 25.5 Å². The zero-order chi connectivity index (χ0) is 20.9. The van der Waals surface area contributed by atoms with Gasteiger partial charge in [0.05, 0.1) is 23.0 Å². The number of carboxylic acid groups (broad SMARTS) is 1. The van der Waals surface area contributed by atoms with Crippen molar-refractivity contribution in [2.24, 2.45) is 0 Å². The van der Waals surface area contributed by atoms with E-state index < -0.39 is 11.5 Å². The molecule has 0 radical (unpaired) electrons. The van der Waals surface area contributed by atoms with Crippen LogP contribution in [0.5, 0.6) is 0 Å². The maximum atomic E-state index is 11.8. The molecule has 2 atom stereocenters. The number of unbranched alkanes of at least 4 members (excludes halogenated alkanes) is 1. The molecule has 1 saturated heterocycles. The summed E-state index contributed by atoms with van der Waals surface area (Å²) in [6.07, 6.45) is 4.05. The van der Waals surface area contributed by atoms with E-state index in [9.17, 15) is 9.90 Å². The van der Waals surface area contributed by atoms with E-state index in [1.807, 2.05) is 18.2 Å². The summed E-state index contributed by atoms with van der Waals surface area (Å²) in [6.45, 7) is 3.83. The highest BCUT2D eigenvalue weighted by Crippen LogP contribution is 2.50. The molecule has 2 aromatic heterocycles. The number of anilines is 3. The van der Waals surface area contributed by atoms with Gasteiger partial charge < -0.3 is 20.2 Å². The van der Waals surface area contributed by atoms with Crippen molar-refractivity contribution < 1.29 is 14.3 Å². The first-order valence-electron chi connectivity index (χ1n) is 10.0. The molecule has 0 bridgehead atoms. The fourth-order valence-electron chi connectivity index (χ4n) is 4.59. The monoisotopic (exact) mass is 409 g/mol. The smallest absolute Gasteiger partial charge is 0.408 e. The fourth-order valence-corrected chi connectivity index (χ4v) is 4.59. The molecule has 1 spiro atoms. The minimum Gasteiger partial charge on any atom is -0.465 e. The Morgan fingerprint density at radius 3 is 3.10 bits per heavy atom. The van der Waals surface area contributed by atoms with Crippen LogP contribution in [-0.4, -0.2) is 56.9 Å². The van der Waals surface area contributed by atoms with E-state index in [0.29, 0.717) is 24.2 Å². The lowest BCUT2D eigenvalue weighted by molar-refractivity contribution is -0.0149. The number of rotatable bonds is 5. The summed E-state index contributed by atoms with van der Waals surface area (Å²) in [5.74, 6) is 0. The predicted molar refractivity (Wildman–Crippen MR) is 111 cm³/mol. The highest BCUT2D eigenvalue weighted by Gasteiger charge is 2.61. The quantitative estimate of drug-likeness (QED) is 0.543. The highest BCUT2D eigenvalue weighted by molar-refractivity contribution is 5.83. The summed E-state index contributed by atoms with van der Waals surface area (Å²) < 4.78 is 5.38. The SMILES string of the molecule is CCCCNC1N(C(=O)O)CC12CN(c1ccc3oc(N)nc3c1)c1cncnc12. The second-order valence-corrected chi connectivity index (χ2v) is 7.82. The lowest BCUT2D eigenvalue weighted by Crippen LogP contribution is -2.75.